The van der Waals surface area contributed by atoms with Gasteiger partial charge in [-0.2, -0.15) is 0 Å². The third kappa shape index (κ3) is 2.54. The first kappa shape index (κ1) is 12.6. The zero-order valence-corrected chi connectivity index (χ0v) is 11.8. The molecular formula is C13H20ClN3. The molecule has 0 saturated heterocycles. The lowest BCUT2D eigenvalue weighted by Gasteiger charge is -2.24. The van der Waals surface area contributed by atoms with Gasteiger partial charge in [0.2, 0.25) is 0 Å². The summed E-state index contributed by atoms with van der Waals surface area (Å²) in [6, 6.07) is 0.657. The number of rotatable bonds is 4. The van der Waals surface area contributed by atoms with Crippen LogP contribution in [0.2, 0.25) is 5.15 Å². The second-order valence-corrected chi connectivity index (χ2v) is 5.35. The molecule has 17 heavy (non-hydrogen) atoms. The molecule has 0 aromatic carbocycles. The van der Waals surface area contributed by atoms with Gasteiger partial charge in [0.25, 0.3) is 0 Å². The average molecular weight is 254 g/mol. The fourth-order valence-electron chi connectivity index (χ4n) is 2.00. The number of anilines is 1. The van der Waals surface area contributed by atoms with Crippen LogP contribution in [0, 0.1) is 6.92 Å². The Labute approximate surface area is 108 Å². The normalized spacial score (nSPS) is 15.4. The summed E-state index contributed by atoms with van der Waals surface area (Å²) >= 11 is 6.21. The van der Waals surface area contributed by atoms with E-state index in [0.29, 0.717) is 17.1 Å². The van der Waals surface area contributed by atoms with Crippen molar-refractivity contribution in [1.82, 2.24) is 9.97 Å². The maximum absolute atomic E-state index is 6.21. The molecule has 0 radical (unpaired) electrons. The Hall–Kier alpha value is -0.830. The minimum absolute atomic E-state index is 0.310. The predicted octanol–water partition coefficient (Wildman–Crippen LogP) is 3.55. The van der Waals surface area contributed by atoms with Gasteiger partial charge in [-0.1, -0.05) is 25.4 Å². The number of hydrogen-bond donors (Lipinski definition) is 0. The highest BCUT2D eigenvalue weighted by Crippen LogP contribution is 2.34. The fraction of sp³-hybridized carbons (Fsp3) is 0.692. The van der Waals surface area contributed by atoms with Crippen molar-refractivity contribution in [2.24, 2.45) is 0 Å². The molecule has 0 bridgehead atoms. The van der Waals surface area contributed by atoms with Crippen molar-refractivity contribution in [1.29, 1.82) is 0 Å². The summed E-state index contributed by atoms with van der Waals surface area (Å²) in [5.74, 6) is 2.18. The maximum Gasteiger partial charge on any atom is 0.137 e. The first-order valence-electron chi connectivity index (χ1n) is 6.35. The summed E-state index contributed by atoms with van der Waals surface area (Å²) < 4.78 is 0. The highest BCUT2D eigenvalue weighted by molar-refractivity contribution is 6.30. The van der Waals surface area contributed by atoms with E-state index in [9.17, 15) is 0 Å². The molecule has 1 fully saturated rings. The fourth-order valence-corrected chi connectivity index (χ4v) is 2.17. The van der Waals surface area contributed by atoms with Crippen LogP contribution in [0.25, 0.3) is 0 Å². The smallest absolute Gasteiger partial charge is 0.137 e. The van der Waals surface area contributed by atoms with Crippen molar-refractivity contribution in [3.05, 3.63) is 16.5 Å². The Kier molecular flexibility index (Phi) is 3.57. The van der Waals surface area contributed by atoms with Crippen LogP contribution in [0.1, 0.15) is 50.9 Å². The Morgan fingerprint density at radius 2 is 2.00 bits per heavy atom. The van der Waals surface area contributed by atoms with Crippen LogP contribution in [-0.2, 0) is 0 Å². The van der Waals surface area contributed by atoms with Gasteiger partial charge in [-0.3, -0.25) is 0 Å². The van der Waals surface area contributed by atoms with Gasteiger partial charge >= 0.3 is 0 Å². The molecule has 0 N–H and O–H groups in total. The van der Waals surface area contributed by atoms with E-state index in [4.69, 9.17) is 16.6 Å². The molecule has 3 nitrogen and oxygen atoms in total. The number of hydrogen-bond acceptors (Lipinski definition) is 3. The third-order valence-electron chi connectivity index (χ3n) is 3.19. The highest BCUT2D eigenvalue weighted by atomic mass is 35.5. The van der Waals surface area contributed by atoms with Gasteiger partial charge in [-0.15, -0.1) is 0 Å². The highest BCUT2D eigenvalue weighted by Gasteiger charge is 2.30. The molecule has 0 atom stereocenters. The summed E-state index contributed by atoms with van der Waals surface area (Å²) in [6.45, 7) is 9.35. The first-order valence-corrected chi connectivity index (χ1v) is 6.73. The lowest BCUT2D eigenvalue weighted by molar-refractivity contribution is 0.741. The van der Waals surface area contributed by atoms with E-state index in [2.05, 4.69) is 30.7 Å². The van der Waals surface area contributed by atoms with E-state index in [0.717, 1.165) is 23.8 Å². The largest absolute Gasteiger partial charge is 0.354 e. The molecule has 94 valence electrons. The predicted molar refractivity (Wildman–Crippen MR) is 71.9 cm³/mol. The Bertz CT molecular complexity index is 413. The van der Waals surface area contributed by atoms with Crippen LogP contribution in [0.3, 0.4) is 0 Å². The average Bonchev–Trinajstić information content (AvgIpc) is 3.09. The summed E-state index contributed by atoms with van der Waals surface area (Å²) in [5.41, 5.74) is 1.00. The van der Waals surface area contributed by atoms with Gasteiger partial charge in [-0.05, 0) is 26.7 Å². The Morgan fingerprint density at radius 1 is 1.35 bits per heavy atom. The molecule has 2 rings (SSSR count). The molecular weight excluding hydrogens is 234 g/mol. The molecule has 0 amide bonds. The van der Waals surface area contributed by atoms with Gasteiger partial charge in [0.15, 0.2) is 0 Å². The topological polar surface area (TPSA) is 29.0 Å². The minimum atomic E-state index is 0.310. The molecule has 0 spiro atoms. The van der Waals surface area contributed by atoms with Crippen molar-refractivity contribution in [3.8, 4) is 0 Å². The maximum atomic E-state index is 6.21. The third-order valence-corrected chi connectivity index (χ3v) is 3.56. The second kappa shape index (κ2) is 4.81. The first-order chi connectivity index (χ1) is 8.04. The SMILES string of the molecule is CCN(c1nc(C(C)C)nc(Cl)c1C)C1CC1. The Morgan fingerprint density at radius 3 is 2.47 bits per heavy atom. The van der Waals surface area contributed by atoms with E-state index < -0.39 is 0 Å². The van der Waals surface area contributed by atoms with Crippen molar-refractivity contribution >= 4 is 17.4 Å². The van der Waals surface area contributed by atoms with E-state index in [1.807, 2.05) is 6.92 Å². The molecule has 1 saturated carbocycles. The van der Waals surface area contributed by atoms with E-state index in [-0.39, 0.29) is 0 Å². The van der Waals surface area contributed by atoms with Crippen molar-refractivity contribution < 1.29 is 0 Å². The van der Waals surface area contributed by atoms with Crippen LogP contribution in [0.15, 0.2) is 0 Å². The van der Waals surface area contributed by atoms with Gasteiger partial charge in [0, 0.05) is 24.1 Å². The van der Waals surface area contributed by atoms with Crippen LogP contribution < -0.4 is 4.90 Å². The van der Waals surface area contributed by atoms with E-state index in [1.165, 1.54) is 12.8 Å². The van der Waals surface area contributed by atoms with Crippen LogP contribution in [0.4, 0.5) is 5.82 Å². The van der Waals surface area contributed by atoms with Crippen molar-refractivity contribution in [3.63, 3.8) is 0 Å². The molecule has 1 heterocycles. The summed E-state index contributed by atoms with van der Waals surface area (Å²) in [4.78, 5) is 11.4. The zero-order valence-electron chi connectivity index (χ0n) is 11.0. The molecule has 1 aromatic rings. The Balaban J connectivity index is 2.43. The quantitative estimate of drug-likeness (QED) is 0.769. The molecule has 1 aromatic heterocycles. The van der Waals surface area contributed by atoms with Crippen LogP contribution in [0.5, 0.6) is 0 Å². The standard InChI is InChI=1S/C13H20ClN3/c1-5-17(10-6-7-10)13-9(4)11(14)15-12(16-13)8(2)3/h8,10H,5-7H2,1-4H3. The van der Waals surface area contributed by atoms with E-state index in [1.54, 1.807) is 0 Å². The lowest BCUT2D eigenvalue weighted by atomic mass is 10.2. The van der Waals surface area contributed by atoms with Crippen molar-refractivity contribution in [2.45, 2.75) is 52.5 Å². The summed E-state index contributed by atoms with van der Waals surface area (Å²) in [7, 11) is 0. The molecule has 0 aliphatic heterocycles. The van der Waals surface area contributed by atoms with Gasteiger partial charge in [0.1, 0.15) is 16.8 Å². The number of halogens is 1. The molecule has 1 aliphatic carbocycles. The van der Waals surface area contributed by atoms with Gasteiger partial charge < -0.3 is 4.90 Å². The zero-order chi connectivity index (χ0) is 12.6. The number of aromatic nitrogens is 2. The van der Waals surface area contributed by atoms with Gasteiger partial charge in [0.05, 0.1) is 0 Å². The molecule has 4 heteroatoms. The monoisotopic (exact) mass is 253 g/mol. The summed E-state index contributed by atoms with van der Waals surface area (Å²) in [5, 5.41) is 0.595. The van der Waals surface area contributed by atoms with Crippen molar-refractivity contribution in [2.75, 3.05) is 11.4 Å². The minimum Gasteiger partial charge on any atom is -0.354 e. The molecule has 0 unspecified atom stereocenters. The summed E-state index contributed by atoms with van der Waals surface area (Å²) in [6.07, 6.45) is 2.54. The van der Waals surface area contributed by atoms with Gasteiger partial charge in [-0.25, -0.2) is 9.97 Å². The second-order valence-electron chi connectivity index (χ2n) is 4.99. The van der Waals surface area contributed by atoms with Crippen LogP contribution >= 0.6 is 11.6 Å². The number of nitrogens with zero attached hydrogens (tertiary/aromatic N) is 3. The lowest BCUT2D eigenvalue weighted by Crippen LogP contribution is -2.27. The van der Waals surface area contributed by atoms with Crippen LogP contribution in [-0.4, -0.2) is 22.6 Å². The molecule has 1 aliphatic rings. The van der Waals surface area contributed by atoms with E-state index >= 15 is 0 Å².